The van der Waals surface area contributed by atoms with Crippen LogP contribution >= 0.6 is 0 Å². The molecule has 0 aliphatic heterocycles. The van der Waals surface area contributed by atoms with E-state index in [9.17, 15) is 4.79 Å². The van der Waals surface area contributed by atoms with Crippen LogP contribution in [0.15, 0.2) is 24.3 Å². The minimum atomic E-state index is 0.107. The van der Waals surface area contributed by atoms with Crippen molar-refractivity contribution < 1.29 is 4.79 Å². The molecule has 0 bridgehead atoms. The standard InChI is InChI=1S/C16H21N3O/c1-10(2)9-19(13-4-5-13)16(20)15-8-11-7-12(17)3-6-14(11)18-15/h3,6-8,10,13,18H,4-5,9,17H2,1-2H3. The monoisotopic (exact) mass is 271 g/mol. The van der Waals surface area contributed by atoms with E-state index in [1.807, 2.05) is 29.2 Å². The maximum Gasteiger partial charge on any atom is 0.270 e. The molecule has 20 heavy (non-hydrogen) atoms. The zero-order valence-electron chi connectivity index (χ0n) is 12.0. The molecule has 0 saturated heterocycles. The lowest BCUT2D eigenvalue weighted by atomic mass is 10.2. The minimum Gasteiger partial charge on any atom is -0.399 e. The average Bonchev–Trinajstić information content (AvgIpc) is 3.14. The van der Waals surface area contributed by atoms with Crippen molar-refractivity contribution >= 4 is 22.5 Å². The van der Waals surface area contributed by atoms with Crippen molar-refractivity contribution in [3.8, 4) is 0 Å². The molecular weight excluding hydrogens is 250 g/mol. The van der Waals surface area contributed by atoms with E-state index in [1.165, 1.54) is 0 Å². The van der Waals surface area contributed by atoms with E-state index < -0.39 is 0 Å². The molecule has 1 aromatic carbocycles. The van der Waals surface area contributed by atoms with Crippen molar-refractivity contribution in [2.24, 2.45) is 5.92 Å². The topological polar surface area (TPSA) is 62.1 Å². The van der Waals surface area contributed by atoms with Crippen molar-refractivity contribution in [2.75, 3.05) is 12.3 Å². The van der Waals surface area contributed by atoms with Crippen LogP contribution in [0.4, 0.5) is 5.69 Å². The maximum absolute atomic E-state index is 12.7. The smallest absolute Gasteiger partial charge is 0.270 e. The van der Waals surface area contributed by atoms with E-state index in [-0.39, 0.29) is 5.91 Å². The van der Waals surface area contributed by atoms with Gasteiger partial charge in [-0.15, -0.1) is 0 Å². The van der Waals surface area contributed by atoms with Crippen LogP contribution in [-0.4, -0.2) is 28.4 Å². The van der Waals surface area contributed by atoms with Crippen LogP contribution in [0.25, 0.3) is 10.9 Å². The van der Waals surface area contributed by atoms with E-state index >= 15 is 0 Å². The van der Waals surface area contributed by atoms with E-state index in [4.69, 9.17) is 5.73 Å². The highest BCUT2D eigenvalue weighted by molar-refractivity contribution is 5.98. The van der Waals surface area contributed by atoms with Crippen molar-refractivity contribution in [1.29, 1.82) is 0 Å². The lowest BCUT2D eigenvalue weighted by Crippen LogP contribution is -2.36. The summed E-state index contributed by atoms with van der Waals surface area (Å²) in [7, 11) is 0. The number of nitrogens with one attached hydrogen (secondary N) is 1. The quantitative estimate of drug-likeness (QED) is 0.840. The number of hydrogen-bond donors (Lipinski definition) is 2. The Morgan fingerprint density at radius 2 is 2.15 bits per heavy atom. The fourth-order valence-corrected chi connectivity index (χ4v) is 2.60. The van der Waals surface area contributed by atoms with Gasteiger partial charge in [-0.3, -0.25) is 4.79 Å². The first kappa shape index (κ1) is 13.0. The number of aromatic nitrogens is 1. The number of fused-ring (bicyclic) bond motifs is 1. The normalized spacial score (nSPS) is 14.9. The number of carbonyl (C=O) groups is 1. The Hall–Kier alpha value is -1.97. The molecule has 3 N–H and O–H groups in total. The second kappa shape index (κ2) is 4.85. The lowest BCUT2D eigenvalue weighted by molar-refractivity contribution is 0.0717. The summed E-state index contributed by atoms with van der Waals surface area (Å²) in [5.41, 5.74) is 8.13. The number of nitrogens with two attached hydrogens (primary N) is 1. The first-order valence-corrected chi connectivity index (χ1v) is 7.24. The number of benzene rings is 1. The van der Waals surface area contributed by atoms with Crippen molar-refractivity contribution in [2.45, 2.75) is 32.7 Å². The number of hydrogen-bond acceptors (Lipinski definition) is 2. The van der Waals surface area contributed by atoms with Crippen molar-refractivity contribution in [1.82, 2.24) is 9.88 Å². The van der Waals surface area contributed by atoms with Crippen molar-refractivity contribution in [3.63, 3.8) is 0 Å². The predicted octanol–water partition coefficient (Wildman–Crippen LogP) is 3.01. The summed E-state index contributed by atoms with van der Waals surface area (Å²) in [6.07, 6.45) is 2.26. The molecule has 4 heteroatoms. The highest BCUT2D eigenvalue weighted by Crippen LogP contribution is 2.29. The zero-order valence-corrected chi connectivity index (χ0v) is 12.0. The molecule has 1 aromatic heterocycles. The Balaban J connectivity index is 1.90. The van der Waals surface area contributed by atoms with Gasteiger partial charge in [0.2, 0.25) is 0 Å². The van der Waals surface area contributed by atoms with Crippen LogP contribution < -0.4 is 5.73 Å². The van der Waals surface area contributed by atoms with Gasteiger partial charge in [0.1, 0.15) is 5.69 Å². The molecule has 1 aliphatic carbocycles. The molecule has 0 spiro atoms. The summed E-state index contributed by atoms with van der Waals surface area (Å²) in [6, 6.07) is 8.00. The van der Waals surface area contributed by atoms with Crippen LogP contribution in [0.5, 0.6) is 0 Å². The zero-order chi connectivity index (χ0) is 14.3. The number of H-pyrrole nitrogens is 1. The summed E-state index contributed by atoms with van der Waals surface area (Å²) in [4.78, 5) is 17.9. The lowest BCUT2D eigenvalue weighted by Gasteiger charge is -2.23. The summed E-state index contributed by atoms with van der Waals surface area (Å²) in [6.45, 7) is 5.12. The van der Waals surface area contributed by atoms with Gasteiger partial charge in [-0.05, 0) is 43.0 Å². The van der Waals surface area contributed by atoms with E-state index in [0.717, 1.165) is 36.0 Å². The predicted molar refractivity (Wildman–Crippen MR) is 81.6 cm³/mol. The number of anilines is 1. The SMILES string of the molecule is CC(C)CN(C(=O)c1cc2cc(N)ccc2[nH]1)C1CC1. The Bertz CT molecular complexity index is 640. The summed E-state index contributed by atoms with van der Waals surface area (Å²) in [5, 5.41) is 0.994. The van der Waals surface area contributed by atoms with Gasteiger partial charge in [-0.1, -0.05) is 13.8 Å². The Labute approximate surface area is 118 Å². The number of nitrogens with zero attached hydrogens (tertiary/aromatic N) is 1. The van der Waals surface area contributed by atoms with Gasteiger partial charge >= 0.3 is 0 Å². The Morgan fingerprint density at radius 3 is 2.80 bits per heavy atom. The van der Waals surface area contributed by atoms with Crippen LogP contribution in [0.2, 0.25) is 0 Å². The molecule has 2 aromatic rings. The van der Waals surface area contributed by atoms with Gasteiger partial charge in [-0.2, -0.15) is 0 Å². The fourth-order valence-electron chi connectivity index (χ4n) is 2.60. The molecular formula is C16H21N3O. The molecule has 0 radical (unpaired) electrons. The molecule has 1 amide bonds. The third kappa shape index (κ3) is 2.50. The average molecular weight is 271 g/mol. The van der Waals surface area contributed by atoms with Gasteiger partial charge in [0.05, 0.1) is 0 Å². The van der Waals surface area contributed by atoms with Gasteiger partial charge in [0.15, 0.2) is 0 Å². The number of rotatable bonds is 4. The third-order valence-electron chi connectivity index (χ3n) is 3.69. The number of carbonyl (C=O) groups excluding carboxylic acids is 1. The van der Waals surface area contributed by atoms with Gasteiger partial charge in [0.25, 0.3) is 5.91 Å². The molecule has 1 heterocycles. The van der Waals surface area contributed by atoms with Crippen LogP contribution in [0.3, 0.4) is 0 Å². The van der Waals surface area contributed by atoms with Crippen LogP contribution in [0, 0.1) is 5.92 Å². The number of aromatic amines is 1. The minimum absolute atomic E-state index is 0.107. The molecule has 3 rings (SSSR count). The number of nitrogen functional groups attached to an aromatic ring is 1. The van der Waals surface area contributed by atoms with Gasteiger partial charge in [0, 0.05) is 29.2 Å². The molecule has 1 fully saturated rings. The van der Waals surface area contributed by atoms with E-state index in [2.05, 4.69) is 18.8 Å². The molecule has 0 unspecified atom stereocenters. The molecule has 1 saturated carbocycles. The van der Waals surface area contributed by atoms with Crippen LogP contribution in [-0.2, 0) is 0 Å². The van der Waals surface area contributed by atoms with Gasteiger partial charge in [-0.25, -0.2) is 0 Å². The Kier molecular flexibility index (Phi) is 3.16. The molecule has 4 nitrogen and oxygen atoms in total. The highest BCUT2D eigenvalue weighted by Gasteiger charge is 2.33. The number of amides is 1. The second-order valence-electron chi connectivity index (χ2n) is 6.11. The summed E-state index contributed by atoms with van der Waals surface area (Å²) in [5.74, 6) is 0.593. The first-order valence-electron chi connectivity index (χ1n) is 7.24. The fraction of sp³-hybridized carbons (Fsp3) is 0.438. The maximum atomic E-state index is 12.7. The Morgan fingerprint density at radius 1 is 1.40 bits per heavy atom. The largest absolute Gasteiger partial charge is 0.399 e. The van der Waals surface area contributed by atoms with Gasteiger partial charge < -0.3 is 15.6 Å². The van der Waals surface area contributed by atoms with Crippen molar-refractivity contribution in [3.05, 3.63) is 30.0 Å². The molecule has 1 aliphatic rings. The highest BCUT2D eigenvalue weighted by atomic mass is 16.2. The third-order valence-corrected chi connectivity index (χ3v) is 3.69. The first-order chi connectivity index (χ1) is 9.54. The summed E-state index contributed by atoms with van der Waals surface area (Å²) >= 11 is 0. The van der Waals surface area contributed by atoms with E-state index in [0.29, 0.717) is 17.7 Å². The van der Waals surface area contributed by atoms with E-state index in [1.54, 1.807) is 0 Å². The molecule has 106 valence electrons. The second-order valence-corrected chi connectivity index (χ2v) is 6.11. The summed E-state index contributed by atoms with van der Waals surface area (Å²) < 4.78 is 0. The van der Waals surface area contributed by atoms with Crippen LogP contribution in [0.1, 0.15) is 37.2 Å². The molecule has 0 atom stereocenters.